The van der Waals surface area contributed by atoms with Gasteiger partial charge in [0.05, 0.1) is 6.54 Å². The molecule has 5 heteroatoms. The van der Waals surface area contributed by atoms with Gasteiger partial charge in [-0.2, -0.15) is 0 Å². The summed E-state index contributed by atoms with van der Waals surface area (Å²) in [6, 6.07) is 9.60. The van der Waals surface area contributed by atoms with E-state index < -0.39 is 0 Å². The van der Waals surface area contributed by atoms with Crippen molar-refractivity contribution in [1.29, 1.82) is 0 Å². The average molecular weight is 371 g/mol. The minimum atomic E-state index is -0.169. The number of halogens is 2. The second kappa shape index (κ2) is 6.03. The van der Waals surface area contributed by atoms with Crippen LogP contribution < -0.4 is 5.56 Å². The Labute approximate surface area is 123 Å². The molecule has 1 heterocycles. The lowest BCUT2D eigenvalue weighted by atomic mass is 10.2. The molecule has 0 radical (unpaired) electrons. The first-order chi connectivity index (χ1) is 8.68. The van der Waals surface area contributed by atoms with Crippen LogP contribution in [0.4, 0.5) is 0 Å². The summed E-state index contributed by atoms with van der Waals surface area (Å²) < 4.78 is 1.85. The van der Waals surface area contributed by atoms with E-state index in [4.69, 9.17) is 11.6 Å². The number of hydrogen-bond donors (Lipinski definition) is 0. The number of benzene rings is 1. The molecule has 0 spiro atoms. The Morgan fingerprint density at radius 1 is 1.33 bits per heavy atom. The molecule has 0 bridgehead atoms. The molecule has 1 aromatic heterocycles. The smallest absolute Gasteiger partial charge is 0.269 e. The van der Waals surface area contributed by atoms with Gasteiger partial charge >= 0.3 is 0 Å². The number of hydrogen-bond acceptors (Lipinski definition) is 2. The lowest BCUT2D eigenvalue weighted by Gasteiger charge is -2.00. The lowest BCUT2D eigenvalue weighted by Crippen LogP contribution is -2.22. The fourth-order valence-electron chi connectivity index (χ4n) is 1.30. The van der Waals surface area contributed by atoms with Crippen LogP contribution in [-0.4, -0.2) is 9.55 Å². The SMILES string of the molecule is O=c1c(I)c(Cl)ncn1CC#Cc1ccccc1. The molecule has 0 atom stereocenters. The maximum atomic E-state index is 11.8. The molecule has 1 aromatic carbocycles. The first-order valence-corrected chi connectivity index (χ1v) is 6.58. The van der Waals surface area contributed by atoms with Gasteiger partial charge in [0, 0.05) is 5.56 Å². The highest BCUT2D eigenvalue weighted by Crippen LogP contribution is 2.09. The van der Waals surface area contributed by atoms with E-state index in [1.165, 1.54) is 10.9 Å². The fourth-order valence-corrected chi connectivity index (χ4v) is 1.88. The molecule has 18 heavy (non-hydrogen) atoms. The van der Waals surface area contributed by atoms with Crippen LogP contribution in [-0.2, 0) is 6.54 Å². The van der Waals surface area contributed by atoms with E-state index in [0.29, 0.717) is 10.1 Å². The third kappa shape index (κ3) is 3.12. The minimum absolute atomic E-state index is 0.169. The second-order valence-electron chi connectivity index (χ2n) is 3.45. The van der Waals surface area contributed by atoms with E-state index in [1.807, 2.05) is 52.9 Å². The van der Waals surface area contributed by atoms with Gasteiger partial charge < -0.3 is 0 Å². The Hall–Kier alpha value is -1.32. The first kappa shape index (κ1) is 13.1. The Balaban J connectivity index is 2.20. The molecular weight excluding hydrogens is 363 g/mol. The summed E-state index contributed by atoms with van der Waals surface area (Å²) in [5.41, 5.74) is 0.750. The third-order valence-electron chi connectivity index (χ3n) is 2.20. The molecular formula is C13H8ClIN2O. The van der Waals surface area contributed by atoms with Crippen molar-refractivity contribution in [3.8, 4) is 11.8 Å². The highest BCUT2D eigenvalue weighted by molar-refractivity contribution is 14.1. The molecule has 2 aromatic rings. The zero-order chi connectivity index (χ0) is 13.0. The summed E-state index contributed by atoms with van der Waals surface area (Å²) in [5, 5.41) is 0.230. The molecule has 0 N–H and O–H groups in total. The lowest BCUT2D eigenvalue weighted by molar-refractivity contribution is 0.761. The largest absolute Gasteiger partial charge is 0.286 e. The van der Waals surface area contributed by atoms with E-state index in [1.54, 1.807) is 0 Å². The molecule has 0 aliphatic heterocycles. The summed E-state index contributed by atoms with van der Waals surface area (Å²) in [4.78, 5) is 15.7. The molecule has 0 amide bonds. The zero-order valence-corrected chi connectivity index (χ0v) is 12.1. The van der Waals surface area contributed by atoms with Crippen LogP contribution in [0.2, 0.25) is 5.15 Å². The molecule has 3 nitrogen and oxygen atoms in total. The Bertz CT molecular complexity index is 671. The van der Waals surface area contributed by atoms with Crippen LogP contribution in [0.3, 0.4) is 0 Å². The molecule has 0 saturated carbocycles. The monoisotopic (exact) mass is 370 g/mol. The average Bonchev–Trinajstić information content (AvgIpc) is 2.40. The van der Waals surface area contributed by atoms with Gasteiger partial charge in [-0.05, 0) is 34.7 Å². The molecule has 0 unspecified atom stereocenters. The van der Waals surface area contributed by atoms with Gasteiger partial charge in [-0.3, -0.25) is 9.36 Å². The second-order valence-corrected chi connectivity index (χ2v) is 4.89. The normalized spacial score (nSPS) is 9.67. The highest BCUT2D eigenvalue weighted by atomic mass is 127. The highest BCUT2D eigenvalue weighted by Gasteiger charge is 2.05. The van der Waals surface area contributed by atoms with Gasteiger partial charge in [0.15, 0.2) is 0 Å². The van der Waals surface area contributed by atoms with Crippen molar-refractivity contribution >= 4 is 34.2 Å². The van der Waals surface area contributed by atoms with Crippen molar-refractivity contribution in [2.75, 3.05) is 0 Å². The third-order valence-corrected chi connectivity index (χ3v) is 3.77. The van der Waals surface area contributed by atoms with Crippen molar-refractivity contribution < 1.29 is 0 Å². The van der Waals surface area contributed by atoms with Crippen LogP contribution in [0.15, 0.2) is 41.5 Å². The fraction of sp³-hybridized carbons (Fsp3) is 0.0769. The van der Waals surface area contributed by atoms with Crippen molar-refractivity contribution in [2.45, 2.75) is 6.54 Å². The molecule has 0 fully saturated rings. The van der Waals surface area contributed by atoms with Gasteiger partial charge in [-0.25, -0.2) is 4.98 Å². The Morgan fingerprint density at radius 2 is 2.06 bits per heavy atom. The molecule has 0 saturated heterocycles. The zero-order valence-electron chi connectivity index (χ0n) is 9.23. The van der Waals surface area contributed by atoms with E-state index in [-0.39, 0.29) is 10.7 Å². The van der Waals surface area contributed by atoms with E-state index >= 15 is 0 Å². The first-order valence-electron chi connectivity index (χ1n) is 5.13. The maximum absolute atomic E-state index is 11.8. The van der Waals surface area contributed by atoms with E-state index in [9.17, 15) is 4.79 Å². The maximum Gasteiger partial charge on any atom is 0.269 e. The van der Waals surface area contributed by atoms with Crippen LogP contribution in [0.5, 0.6) is 0 Å². The predicted octanol–water partition coefficient (Wildman–Crippen LogP) is 2.55. The summed E-state index contributed by atoms with van der Waals surface area (Å²) >= 11 is 7.63. The van der Waals surface area contributed by atoms with Gasteiger partial charge in [-0.1, -0.05) is 41.6 Å². The Kier molecular flexibility index (Phi) is 4.39. The Morgan fingerprint density at radius 3 is 2.78 bits per heavy atom. The topological polar surface area (TPSA) is 34.9 Å². The molecule has 0 aliphatic carbocycles. The summed E-state index contributed by atoms with van der Waals surface area (Å²) in [5.74, 6) is 5.91. The van der Waals surface area contributed by atoms with Crippen LogP contribution in [0, 0.1) is 15.4 Å². The van der Waals surface area contributed by atoms with Crippen molar-refractivity contribution in [3.63, 3.8) is 0 Å². The van der Waals surface area contributed by atoms with Crippen LogP contribution in [0.1, 0.15) is 5.56 Å². The quantitative estimate of drug-likeness (QED) is 0.439. The summed E-state index contributed by atoms with van der Waals surface area (Å²) in [6.07, 6.45) is 1.41. The van der Waals surface area contributed by atoms with Crippen molar-refractivity contribution in [1.82, 2.24) is 9.55 Å². The van der Waals surface area contributed by atoms with Gasteiger partial charge in [0.1, 0.15) is 15.1 Å². The van der Waals surface area contributed by atoms with Crippen LogP contribution in [0.25, 0.3) is 0 Å². The van der Waals surface area contributed by atoms with Gasteiger partial charge in [0.25, 0.3) is 5.56 Å². The molecule has 2 rings (SSSR count). The van der Waals surface area contributed by atoms with E-state index in [2.05, 4.69) is 16.8 Å². The van der Waals surface area contributed by atoms with Crippen LogP contribution >= 0.6 is 34.2 Å². The van der Waals surface area contributed by atoms with E-state index in [0.717, 1.165) is 5.56 Å². The number of aromatic nitrogens is 2. The van der Waals surface area contributed by atoms with Crippen molar-refractivity contribution in [2.24, 2.45) is 0 Å². The number of rotatable bonds is 1. The van der Waals surface area contributed by atoms with Gasteiger partial charge in [0.2, 0.25) is 0 Å². The van der Waals surface area contributed by atoms with Crippen molar-refractivity contribution in [3.05, 3.63) is 61.3 Å². The summed E-state index contributed by atoms with van der Waals surface area (Å²) in [7, 11) is 0. The minimum Gasteiger partial charge on any atom is -0.286 e. The molecule has 0 aliphatic rings. The van der Waals surface area contributed by atoms with Gasteiger partial charge in [-0.15, -0.1) is 0 Å². The molecule has 90 valence electrons. The summed E-state index contributed by atoms with van der Waals surface area (Å²) in [6.45, 7) is 0.300. The standard InChI is InChI=1S/C13H8ClIN2O/c14-12-11(15)13(18)17(9-16-12)8-4-7-10-5-2-1-3-6-10/h1-3,5-6,9H,8H2. The predicted molar refractivity (Wildman–Crippen MR) is 79.5 cm³/mol. The number of nitrogens with zero attached hydrogens (tertiary/aromatic N) is 2.